The lowest BCUT2D eigenvalue weighted by molar-refractivity contribution is 0.0526. The second kappa shape index (κ2) is 9.64. The van der Waals surface area contributed by atoms with Gasteiger partial charge in [-0.15, -0.1) is 0 Å². The number of phenolic OH excluding ortho intramolecular Hbond substituents is 1. The number of phenols is 1. The van der Waals surface area contributed by atoms with E-state index in [1.54, 1.807) is 37.6 Å². The molecule has 170 valence electrons. The molecule has 9 nitrogen and oxygen atoms in total. The topological polar surface area (TPSA) is 115 Å². The molecule has 0 saturated carbocycles. The van der Waals surface area contributed by atoms with Crippen LogP contribution >= 0.6 is 0 Å². The molecule has 4 aromatic rings. The quantitative estimate of drug-likeness (QED) is 0.390. The Labute approximate surface area is 191 Å². The summed E-state index contributed by atoms with van der Waals surface area (Å²) < 4.78 is 7.07. The fourth-order valence-corrected chi connectivity index (χ4v) is 3.42. The van der Waals surface area contributed by atoms with Crippen molar-refractivity contribution in [2.45, 2.75) is 33.2 Å². The van der Waals surface area contributed by atoms with Crippen LogP contribution in [0, 0.1) is 0 Å². The van der Waals surface area contributed by atoms with Crippen molar-refractivity contribution < 1.29 is 14.6 Å². The largest absolute Gasteiger partial charge is 0.508 e. The monoisotopic (exact) mass is 446 g/mol. The first-order valence-electron chi connectivity index (χ1n) is 10.8. The van der Waals surface area contributed by atoms with Gasteiger partial charge in [-0.05, 0) is 51.0 Å². The van der Waals surface area contributed by atoms with Crippen LogP contribution in [0.15, 0.2) is 49.1 Å². The van der Waals surface area contributed by atoms with E-state index in [-0.39, 0.29) is 18.4 Å². The van der Waals surface area contributed by atoms with Crippen LogP contribution in [0.25, 0.3) is 22.6 Å². The predicted molar refractivity (Wildman–Crippen MR) is 125 cm³/mol. The van der Waals surface area contributed by atoms with Gasteiger partial charge >= 0.3 is 5.97 Å². The van der Waals surface area contributed by atoms with E-state index in [4.69, 9.17) is 14.7 Å². The molecule has 0 aliphatic carbocycles. The Morgan fingerprint density at radius 2 is 1.97 bits per heavy atom. The standard InChI is InChI=1S/C24H26N6O3/c1-4-33-24(32)18-11-17(12-25-13-18)21-28-22(20-23(29-21)30(14-27-20)15(2)3)26-10-9-16-5-7-19(31)8-6-16/h5-8,11-15,31H,4,9-10H2,1-3H3,(H,26,28,29). The van der Waals surface area contributed by atoms with Gasteiger partial charge in [0.05, 0.1) is 18.5 Å². The maximum Gasteiger partial charge on any atom is 0.339 e. The molecule has 0 amide bonds. The maximum atomic E-state index is 12.2. The molecule has 0 aliphatic rings. The molecule has 9 heteroatoms. The van der Waals surface area contributed by atoms with Crippen LogP contribution in [0.4, 0.5) is 5.82 Å². The molecule has 3 aromatic heterocycles. The van der Waals surface area contributed by atoms with Crippen LogP contribution < -0.4 is 5.32 Å². The zero-order valence-electron chi connectivity index (χ0n) is 18.8. The highest BCUT2D eigenvalue weighted by molar-refractivity contribution is 5.91. The third kappa shape index (κ3) is 4.92. The van der Waals surface area contributed by atoms with Gasteiger partial charge in [0.25, 0.3) is 0 Å². The van der Waals surface area contributed by atoms with Crippen LogP contribution in [0.2, 0.25) is 0 Å². The number of rotatable bonds is 8. The lowest BCUT2D eigenvalue weighted by Crippen LogP contribution is -2.09. The highest BCUT2D eigenvalue weighted by Gasteiger charge is 2.17. The minimum Gasteiger partial charge on any atom is -0.508 e. The lowest BCUT2D eigenvalue weighted by atomic mass is 10.1. The summed E-state index contributed by atoms with van der Waals surface area (Å²) in [5.74, 6) is 0.851. The average Bonchev–Trinajstić information content (AvgIpc) is 3.25. The third-order valence-electron chi connectivity index (χ3n) is 5.13. The summed E-state index contributed by atoms with van der Waals surface area (Å²) in [6, 6.07) is 8.96. The number of fused-ring (bicyclic) bond motifs is 1. The number of esters is 1. The van der Waals surface area contributed by atoms with Gasteiger partial charge < -0.3 is 19.7 Å². The number of hydrogen-bond donors (Lipinski definition) is 2. The van der Waals surface area contributed by atoms with Crippen molar-refractivity contribution >= 4 is 23.0 Å². The van der Waals surface area contributed by atoms with Crippen molar-refractivity contribution in [2.75, 3.05) is 18.5 Å². The molecular weight excluding hydrogens is 420 g/mol. The van der Waals surface area contributed by atoms with Crippen LogP contribution in [0.3, 0.4) is 0 Å². The van der Waals surface area contributed by atoms with E-state index in [1.807, 2.05) is 16.7 Å². The smallest absolute Gasteiger partial charge is 0.339 e. The van der Waals surface area contributed by atoms with Gasteiger partial charge in [0.2, 0.25) is 0 Å². The van der Waals surface area contributed by atoms with Gasteiger partial charge in [0, 0.05) is 30.5 Å². The van der Waals surface area contributed by atoms with Crippen molar-refractivity contribution in [2.24, 2.45) is 0 Å². The van der Waals surface area contributed by atoms with E-state index in [9.17, 15) is 9.90 Å². The molecular formula is C24H26N6O3. The van der Waals surface area contributed by atoms with Crippen LogP contribution in [-0.2, 0) is 11.2 Å². The number of aromatic nitrogens is 5. The fraction of sp³-hybridized carbons (Fsp3) is 0.292. The molecule has 0 bridgehead atoms. The fourth-order valence-electron chi connectivity index (χ4n) is 3.42. The molecule has 0 saturated heterocycles. The van der Waals surface area contributed by atoms with E-state index < -0.39 is 5.97 Å². The van der Waals surface area contributed by atoms with E-state index in [2.05, 4.69) is 29.1 Å². The van der Waals surface area contributed by atoms with Crippen molar-refractivity contribution in [3.8, 4) is 17.1 Å². The summed E-state index contributed by atoms with van der Waals surface area (Å²) in [6.45, 7) is 6.78. The summed E-state index contributed by atoms with van der Waals surface area (Å²) in [5, 5.41) is 12.8. The Hall–Kier alpha value is -4.01. The van der Waals surface area contributed by atoms with E-state index in [1.165, 1.54) is 6.20 Å². The molecule has 33 heavy (non-hydrogen) atoms. The Balaban J connectivity index is 1.68. The first kappa shape index (κ1) is 22.2. The van der Waals surface area contributed by atoms with Crippen molar-refractivity contribution in [3.63, 3.8) is 0 Å². The number of carbonyl (C=O) groups is 1. The number of carbonyl (C=O) groups excluding carboxylic acids is 1. The zero-order chi connectivity index (χ0) is 23.4. The second-order valence-corrected chi connectivity index (χ2v) is 7.84. The number of nitrogens with zero attached hydrogens (tertiary/aromatic N) is 5. The summed E-state index contributed by atoms with van der Waals surface area (Å²) in [4.78, 5) is 30.3. The lowest BCUT2D eigenvalue weighted by Gasteiger charge is -2.12. The Kier molecular flexibility index (Phi) is 6.48. The highest BCUT2D eigenvalue weighted by atomic mass is 16.5. The Bertz CT molecular complexity index is 1270. The maximum absolute atomic E-state index is 12.2. The third-order valence-corrected chi connectivity index (χ3v) is 5.13. The number of pyridine rings is 1. The zero-order valence-corrected chi connectivity index (χ0v) is 18.8. The number of imidazole rings is 1. The summed E-state index contributed by atoms with van der Waals surface area (Å²) in [7, 11) is 0. The first-order chi connectivity index (χ1) is 16.0. The van der Waals surface area contributed by atoms with Gasteiger partial charge in [0.1, 0.15) is 11.3 Å². The minimum absolute atomic E-state index is 0.159. The Morgan fingerprint density at radius 1 is 1.18 bits per heavy atom. The van der Waals surface area contributed by atoms with Gasteiger partial charge in [-0.25, -0.2) is 19.7 Å². The van der Waals surface area contributed by atoms with Crippen molar-refractivity contribution in [1.29, 1.82) is 0 Å². The van der Waals surface area contributed by atoms with E-state index >= 15 is 0 Å². The summed E-state index contributed by atoms with van der Waals surface area (Å²) in [6.07, 6.45) is 5.59. The SMILES string of the molecule is CCOC(=O)c1cncc(-c2nc(NCCc3ccc(O)cc3)c3ncn(C(C)C)c3n2)c1. The molecule has 0 fully saturated rings. The van der Waals surface area contributed by atoms with Gasteiger partial charge in [0.15, 0.2) is 17.3 Å². The number of aromatic hydroxyl groups is 1. The molecule has 0 radical (unpaired) electrons. The number of benzene rings is 1. The average molecular weight is 447 g/mol. The molecule has 4 rings (SSSR count). The Morgan fingerprint density at radius 3 is 2.70 bits per heavy atom. The predicted octanol–water partition coefficient (Wildman–Crippen LogP) is 4.01. The number of hydrogen-bond acceptors (Lipinski definition) is 8. The minimum atomic E-state index is -0.438. The molecule has 0 atom stereocenters. The second-order valence-electron chi connectivity index (χ2n) is 7.84. The van der Waals surface area contributed by atoms with Crippen LogP contribution in [-0.4, -0.2) is 48.7 Å². The van der Waals surface area contributed by atoms with E-state index in [0.29, 0.717) is 40.5 Å². The van der Waals surface area contributed by atoms with Crippen molar-refractivity contribution in [1.82, 2.24) is 24.5 Å². The molecule has 3 heterocycles. The molecule has 1 aromatic carbocycles. The van der Waals surface area contributed by atoms with Crippen LogP contribution in [0.1, 0.15) is 42.7 Å². The van der Waals surface area contributed by atoms with Crippen molar-refractivity contribution in [3.05, 3.63) is 60.2 Å². The highest BCUT2D eigenvalue weighted by Crippen LogP contribution is 2.26. The van der Waals surface area contributed by atoms with Gasteiger partial charge in [-0.1, -0.05) is 12.1 Å². The van der Waals surface area contributed by atoms with Gasteiger partial charge in [-0.2, -0.15) is 0 Å². The molecule has 0 spiro atoms. The summed E-state index contributed by atoms with van der Waals surface area (Å²) in [5.41, 5.74) is 3.42. The van der Waals surface area contributed by atoms with E-state index in [0.717, 1.165) is 12.0 Å². The number of ether oxygens (including phenoxy) is 1. The number of anilines is 1. The molecule has 0 aliphatic heterocycles. The molecule has 2 N–H and O–H groups in total. The van der Waals surface area contributed by atoms with Gasteiger partial charge in [-0.3, -0.25) is 4.98 Å². The summed E-state index contributed by atoms with van der Waals surface area (Å²) >= 11 is 0. The first-order valence-corrected chi connectivity index (χ1v) is 10.8. The molecule has 0 unspecified atom stereocenters. The number of nitrogens with one attached hydrogen (secondary N) is 1. The normalized spacial score (nSPS) is 11.2. The van der Waals surface area contributed by atoms with Crippen LogP contribution in [0.5, 0.6) is 5.75 Å².